The predicted molar refractivity (Wildman–Crippen MR) is 80.3 cm³/mol. The molecule has 0 saturated heterocycles. The number of hydrogen-bond acceptors (Lipinski definition) is 2. The van der Waals surface area contributed by atoms with E-state index in [0.29, 0.717) is 6.04 Å². The Hall–Kier alpha value is -0.570. The van der Waals surface area contributed by atoms with Crippen molar-refractivity contribution in [1.29, 1.82) is 0 Å². The molecule has 0 aliphatic heterocycles. The van der Waals surface area contributed by atoms with Crippen LogP contribution in [0, 0.1) is 0 Å². The molecule has 0 fully saturated rings. The lowest BCUT2D eigenvalue weighted by molar-refractivity contribution is 0.309. The molecule has 0 radical (unpaired) electrons. The van der Waals surface area contributed by atoms with Crippen LogP contribution in [-0.4, -0.2) is 31.6 Å². The summed E-state index contributed by atoms with van der Waals surface area (Å²) in [5.41, 5.74) is 1.29. The number of benzene rings is 1. The maximum atomic E-state index is 6.06. The van der Waals surface area contributed by atoms with Crippen LogP contribution in [0.2, 0.25) is 5.02 Å². The number of nitrogens with zero attached hydrogens (tertiary/aromatic N) is 1. The van der Waals surface area contributed by atoms with Crippen LogP contribution in [0.25, 0.3) is 0 Å². The Kier molecular flexibility index (Phi) is 7.33. The van der Waals surface area contributed by atoms with E-state index in [0.717, 1.165) is 31.1 Å². The van der Waals surface area contributed by atoms with Gasteiger partial charge in [0, 0.05) is 11.1 Å². The van der Waals surface area contributed by atoms with Gasteiger partial charge in [0.2, 0.25) is 0 Å². The average Bonchev–Trinajstić information content (AvgIpc) is 2.35. The van der Waals surface area contributed by atoms with Crippen LogP contribution in [0.5, 0.6) is 0 Å². The van der Waals surface area contributed by atoms with Gasteiger partial charge in [0.15, 0.2) is 0 Å². The van der Waals surface area contributed by atoms with Crippen LogP contribution in [-0.2, 0) is 0 Å². The fourth-order valence-electron chi connectivity index (χ4n) is 2.20. The molecule has 0 spiro atoms. The number of halogens is 1. The van der Waals surface area contributed by atoms with Gasteiger partial charge in [-0.05, 0) is 57.2 Å². The molecule has 0 aliphatic rings. The summed E-state index contributed by atoms with van der Waals surface area (Å²) in [4.78, 5) is 2.38. The third-order valence-electron chi connectivity index (χ3n) is 3.11. The maximum absolute atomic E-state index is 6.06. The van der Waals surface area contributed by atoms with E-state index in [1.54, 1.807) is 0 Å². The molecule has 0 amide bonds. The molecule has 1 aromatic carbocycles. The Morgan fingerprint density at radius 2 is 2.06 bits per heavy atom. The summed E-state index contributed by atoms with van der Waals surface area (Å²) in [7, 11) is 2.18. The molecule has 0 aromatic heterocycles. The largest absolute Gasteiger partial charge is 0.310 e. The zero-order valence-electron chi connectivity index (χ0n) is 11.7. The fraction of sp³-hybridized carbons (Fsp3) is 0.600. The van der Waals surface area contributed by atoms with Crippen LogP contribution < -0.4 is 5.32 Å². The molecule has 0 saturated carbocycles. The lowest BCUT2D eigenvalue weighted by Gasteiger charge is -2.22. The van der Waals surface area contributed by atoms with E-state index >= 15 is 0 Å². The average molecular weight is 269 g/mol. The van der Waals surface area contributed by atoms with E-state index < -0.39 is 0 Å². The molecule has 102 valence electrons. The van der Waals surface area contributed by atoms with Gasteiger partial charge in [-0.15, -0.1) is 0 Å². The molecular weight excluding hydrogens is 244 g/mol. The van der Waals surface area contributed by atoms with Crippen LogP contribution in [0.1, 0.15) is 38.3 Å². The van der Waals surface area contributed by atoms with Crippen molar-refractivity contribution in [2.45, 2.75) is 32.7 Å². The highest BCUT2D eigenvalue weighted by atomic mass is 35.5. The number of rotatable bonds is 8. The summed E-state index contributed by atoms with van der Waals surface area (Å²) in [6, 6.07) is 8.57. The first-order chi connectivity index (χ1) is 8.67. The molecule has 0 bridgehead atoms. The first-order valence-corrected chi connectivity index (χ1v) is 7.22. The van der Waals surface area contributed by atoms with Crippen LogP contribution >= 0.6 is 11.6 Å². The monoisotopic (exact) mass is 268 g/mol. The third kappa shape index (κ3) is 5.38. The van der Waals surface area contributed by atoms with Gasteiger partial charge in [-0.2, -0.15) is 0 Å². The normalized spacial score (nSPS) is 12.9. The molecule has 1 rings (SSSR count). The Morgan fingerprint density at radius 3 is 2.67 bits per heavy atom. The zero-order valence-corrected chi connectivity index (χ0v) is 12.5. The van der Waals surface area contributed by atoms with Crippen molar-refractivity contribution < 1.29 is 0 Å². The van der Waals surface area contributed by atoms with Gasteiger partial charge >= 0.3 is 0 Å². The van der Waals surface area contributed by atoms with Gasteiger partial charge in [-0.25, -0.2) is 0 Å². The Morgan fingerprint density at radius 1 is 1.28 bits per heavy atom. The summed E-state index contributed by atoms with van der Waals surface area (Å²) >= 11 is 6.06. The Bertz CT molecular complexity index is 341. The minimum Gasteiger partial charge on any atom is -0.310 e. The summed E-state index contributed by atoms with van der Waals surface area (Å²) in [6.45, 7) is 7.61. The van der Waals surface area contributed by atoms with Gasteiger partial charge in [-0.3, -0.25) is 0 Å². The Labute approximate surface area is 116 Å². The smallest absolute Gasteiger partial charge is 0.0409 e. The summed E-state index contributed by atoms with van der Waals surface area (Å²) < 4.78 is 0. The van der Waals surface area contributed by atoms with Crippen molar-refractivity contribution in [2.75, 3.05) is 26.7 Å². The SMILES string of the molecule is CCCN(C)CCC(NCC)c1cccc(Cl)c1. The van der Waals surface area contributed by atoms with Gasteiger partial charge in [0.25, 0.3) is 0 Å². The van der Waals surface area contributed by atoms with Crippen LogP contribution in [0.15, 0.2) is 24.3 Å². The first-order valence-electron chi connectivity index (χ1n) is 6.84. The fourth-order valence-corrected chi connectivity index (χ4v) is 2.40. The van der Waals surface area contributed by atoms with Crippen LogP contribution in [0.4, 0.5) is 0 Å². The van der Waals surface area contributed by atoms with Crippen molar-refractivity contribution >= 4 is 11.6 Å². The zero-order chi connectivity index (χ0) is 13.4. The van der Waals surface area contributed by atoms with E-state index in [1.807, 2.05) is 12.1 Å². The summed E-state index contributed by atoms with van der Waals surface area (Å²) in [5, 5.41) is 4.36. The molecule has 3 heteroatoms. The molecule has 18 heavy (non-hydrogen) atoms. The van der Waals surface area contributed by atoms with Gasteiger partial charge in [0.1, 0.15) is 0 Å². The minimum atomic E-state index is 0.396. The molecule has 1 aromatic rings. The molecule has 1 unspecified atom stereocenters. The van der Waals surface area contributed by atoms with Crippen molar-refractivity contribution in [3.05, 3.63) is 34.9 Å². The minimum absolute atomic E-state index is 0.396. The number of hydrogen-bond donors (Lipinski definition) is 1. The van der Waals surface area contributed by atoms with E-state index in [2.05, 4.69) is 43.2 Å². The first kappa shape index (κ1) is 15.5. The standard InChI is InChI=1S/C15H25ClN2/c1-4-10-18(3)11-9-15(17-5-2)13-7-6-8-14(16)12-13/h6-8,12,15,17H,4-5,9-11H2,1-3H3. The van der Waals surface area contributed by atoms with Crippen molar-refractivity contribution in [3.63, 3.8) is 0 Å². The molecular formula is C15H25ClN2. The highest BCUT2D eigenvalue weighted by Crippen LogP contribution is 2.20. The van der Waals surface area contributed by atoms with Gasteiger partial charge < -0.3 is 10.2 Å². The molecule has 0 aliphatic carbocycles. The lowest BCUT2D eigenvalue weighted by Crippen LogP contribution is -2.27. The predicted octanol–water partition coefficient (Wildman–Crippen LogP) is 3.72. The van der Waals surface area contributed by atoms with E-state index in [4.69, 9.17) is 11.6 Å². The van der Waals surface area contributed by atoms with Gasteiger partial charge in [-0.1, -0.05) is 37.6 Å². The van der Waals surface area contributed by atoms with Crippen molar-refractivity contribution in [2.24, 2.45) is 0 Å². The molecule has 2 nitrogen and oxygen atoms in total. The van der Waals surface area contributed by atoms with Crippen LogP contribution in [0.3, 0.4) is 0 Å². The number of nitrogens with one attached hydrogen (secondary N) is 1. The molecule has 1 atom stereocenters. The molecule has 0 heterocycles. The van der Waals surface area contributed by atoms with Crippen molar-refractivity contribution in [3.8, 4) is 0 Å². The highest BCUT2D eigenvalue weighted by Gasteiger charge is 2.11. The quantitative estimate of drug-likeness (QED) is 0.773. The summed E-state index contributed by atoms with van der Waals surface area (Å²) in [5.74, 6) is 0. The van der Waals surface area contributed by atoms with E-state index in [9.17, 15) is 0 Å². The molecule has 1 N–H and O–H groups in total. The second-order valence-electron chi connectivity index (χ2n) is 4.76. The van der Waals surface area contributed by atoms with Crippen molar-refractivity contribution in [1.82, 2.24) is 10.2 Å². The third-order valence-corrected chi connectivity index (χ3v) is 3.34. The second-order valence-corrected chi connectivity index (χ2v) is 5.19. The summed E-state index contributed by atoms with van der Waals surface area (Å²) in [6.07, 6.45) is 2.32. The maximum Gasteiger partial charge on any atom is 0.0409 e. The van der Waals surface area contributed by atoms with E-state index in [-0.39, 0.29) is 0 Å². The second kappa shape index (κ2) is 8.52. The van der Waals surface area contributed by atoms with Gasteiger partial charge in [0.05, 0.1) is 0 Å². The Balaban J connectivity index is 2.59. The van der Waals surface area contributed by atoms with E-state index in [1.165, 1.54) is 12.0 Å². The lowest BCUT2D eigenvalue weighted by atomic mass is 10.0. The topological polar surface area (TPSA) is 15.3 Å². The highest BCUT2D eigenvalue weighted by molar-refractivity contribution is 6.30.